The molecule has 1 aliphatic rings. The Morgan fingerprint density at radius 1 is 1.35 bits per heavy atom. The molecule has 1 aromatic rings. The molecule has 0 radical (unpaired) electrons. The van der Waals surface area contributed by atoms with Crippen LogP contribution in [0.3, 0.4) is 0 Å². The lowest BCUT2D eigenvalue weighted by molar-refractivity contribution is 0.172. The lowest BCUT2D eigenvalue weighted by Gasteiger charge is -2.36. The predicted octanol–water partition coefficient (Wildman–Crippen LogP) is 2.39. The van der Waals surface area contributed by atoms with E-state index in [-0.39, 0.29) is 0 Å². The number of nitrogens with one attached hydrogen (secondary N) is 1. The molecule has 1 aliphatic carbocycles. The summed E-state index contributed by atoms with van der Waals surface area (Å²) < 4.78 is 4.30. The molecule has 0 aromatic carbocycles. The summed E-state index contributed by atoms with van der Waals surface area (Å²) >= 11 is 1.48. The highest BCUT2D eigenvalue weighted by Gasteiger charge is 2.35. The number of anilines is 1. The maximum absolute atomic E-state index is 4.46. The van der Waals surface area contributed by atoms with E-state index in [9.17, 15) is 0 Å². The number of nitrogens with zero attached hydrogens (tertiary/aromatic N) is 3. The fourth-order valence-corrected chi connectivity index (χ4v) is 3.17. The molecule has 2 rings (SSSR count). The molecule has 1 fully saturated rings. The Hall–Kier alpha value is -0.680. The van der Waals surface area contributed by atoms with Gasteiger partial charge in [-0.05, 0) is 26.9 Å². The number of aryl methyl sites for hydroxylation is 1. The smallest absolute Gasteiger partial charge is 0.202 e. The molecule has 0 spiro atoms. The lowest BCUT2D eigenvalue weighted by Crippen LogP contribution is -2.47. The van der Waals surface area contributed by atoms with Gasteiger partial charge >= 0.3 is 0 Å². The first-order valence-corrected chi connectivity index (χ1v) is 7.17. The van der Waals surface area contributed by atoms with E-state index in [0.717, 1.165) is 23.9 Å². The molecule has 1 N–H and O–H groups in total. The van der Waals surface area contributed by atoms with Gasteiger partial charge < -0.3 is 10.2 Å². The summed E-state index contributed by atoms with van der Waals surface area (Å²) in [7, 11) is 4.37. The minimum atomic E-state index is 0.318. The number of aromatic nitrogens is 2. The summed E-state index contributed by atoms with van der Waals surface area (Å²) in [6.07, 6.45) is 6.17. The van der Waals surface area contributed by atoms with Crippen molar-refractivity contribution in [2.45, 2.75) is 44.6 Å². The van der Waals surface area contributed by atoms with Crippen molar-refractivity contribution in [3.8, 4) is 0 Å². The Morgan fingerprint density at radius 3 is 2.59 bits per heavy atom. The van der Waals surface area contributed by atoms with Gasteiger partial charge in [0.2, 0.25) is 5.13 Å². The van der Waals surface area contributed by atoms with Crippen molar-refractivity contribution in [3.05, 3.63) is 5.82 Å². The van der Waals surface area contributed by atoms with Gasteiger partial charge in [0.25, 0.3) is 0 Å². The van der Waals surface area contributed by atoms with Gasteiger partial charge in [0.05, 0.1) is 0 Å². The van der Waals surface area contributed by atoms with Gasteiger partial charge in [0.15, 0.2) is 0 Å². The number of hydrogen-bond acceptors (Lipinski definition) is 5. The highest BCUT2D eigenvalue weighted by Crippen LogP contribution is 2.34. The second-order valence-corrected chi connectivity index (χ2v) is 5.80. The topological polar surface area (TPSA) is 41.1 Å². The van der Waals surface area contributed by atoms with Gasteiger partial charge in [-0.1, -0.05) is 19.8 Å². The van der Waals surface area contributed by atoms with Crippen molar-refractivity contribution in [2.75, 3.05) is 26.0 Å². The molecule has 96 valence electrons. The van der Waals surface area contributed by atoms with Gasteiger partial charge in [-0.15, -0.1) is 0 Å². The van der Waals surface area contributed by atoms with E-state index >= 15 is 0 Å². The third-order valence-electron chi connectivity index (χ3n) is 3.84. The summed E-state index contributed by atoms with van der Waals surface area (Å²) in [6.45, 7) is 3.07. The fourth-order valence-electron chi connectivity index (χ4n) is 2.52. The molecular formula is C12H22N4S. The van der Waals surface area contributed by atoms with Crippen LogP contribution in [0.5, 0.6) is 0 Å². The normalized spacial score (nSPS) is 18.8. The van der Waals surface area contributed by atoms with Crippen LogP contribution in [0.2, 0.25) is 0 Å². The molecule has 1 saturated carbocycles. The average Bonchev–Trinajstić information content (AvgIpc) is 2.96. The average molecular weight is 254 g/mol. The molecule has 4 nitrogen and oxygen atoms in total. The summed E-state index contributed by atoms with van der Waals surface area (Å²) in [4.78, 5) is 6.83. The van der Waals surface area contributed by atoms with E-state index in [1.165, 1.54) is 37.2 Å². The Kier molecular flexibility index (Phi) is 3.99. The van der Waals surface area contributed by atoms with Crippen LogP contribution in [0.4, 0.5) is 5.13 Å². The maximum Gasteiger partial charge on any atom is 0.202 e. The number of hydrogen-bond donors (Lipinski definition) is 1. The van der Waals surface area contributed by atoms with E-state index in [2.05, 4.69) is 40.6 Å². The van der Waals surface area contributed by atoms with Gasteiger partial charge in [0, 0.05) is 30.0 Å². The van der Waals surface area contributed by atoms with E-state index < -0.39 is 0 Å². The van der Waals surface area contributed by atoms with Crippen LogP contribution < -0.4 is 5.32 Å². The largest absolute Gasteiger partial charge is 0.358 e. The van der Waals surface area contributed by atoms with Gasteiger partial charge in [0.1, 0.15) is 5.82 Å². The number of likely N-dealkylation sites (N-methyl/N-ethyl adjacent to an activating group) is 1. The summed E-state index contributed by atoms with van der Waals surface area (Å²) in [5.74, 6) is 0.947. The molecule has 1 heterocycles. The van der Waals surface area contributed by atoms with Crippen LogP contribution in [0, 0.1) is 0 Å². The van der Waals surface area contributed by atoms with Crippen LogP contribution >= 0.6 is 11.5 Å². The first-order valence-electron chi connectivity index (χ1n) is 6.40. The third kappa shape index (κ3) is 2.77. The second-order valence-electron chi connectivity index (χ2n) is 5.05. The quantitative estimate of drug-likeness (QED) is 0.876. The predicted molar refractivity (Wildman–Crippen MR) is 72.7 cm³/mol. The van der Waals surface area contributed by atoms with Crippen molar-refractivity contribution < 1.29 is 0 Å². The summed E-state index contributed by atoms with van der Waals surface area (Å²) in [6, 6.07) is 0. The van der Waals surface area contributed by atoms with Crippen molar-refractivity contribution in [1.29, 1.82) is 0 Å². The van der Waals surface area contributed by atoms with Gasteiger partial charge in [-0.3, -0.25) is 0 Å². The SMILES string of the molecule is CCc1nsc(NCC2(N(C)C)CCCC2)n1. The van der Waals surface area contributed by atoms with Crippen molar-refractivity contribution in [3.63, 3.8) is 0 Å². The molecule has 0 aliphatic heterocycles. The number of rotatable bonds is 5. The molecule has 5 heteroatoms. The van der Waals surface area contributed by atoms with Gasteiger partial charge in [-0.2, -0.15) is 4.37 Å². The Morgan fingerprint density at radius 2 is 2.06 bits per heavy atom. The Balaban J connectivity index is 1.95. The lowest BCUT2D eigenvalue weighted by atomic mass is 9.96. The van der Waals surface area contributed by atoms with Crippen LogP contribution in [0.15, 0.2) is 0 Å². The molecule has 1 aromatic heterocycles. The van der Waals surface area contributed by atoms with Crippen molar-refractivity contribution in [2.24, 2.45) is 0 Å². The molecular weight excluding hydrogens is 232 g/mol. The monoisotopic (exact) mass is 254 g/mol. The molecule has 0 saturated heterocycles. The third-order valence-corrected chi connectivity index (χ3v) is 4.55. The first-order chi connectivity index (χ1) is 8.16. The molecule has 0 bridgehead atoms. The van der Waals surface area contributed by atoms with Crippen LogP contribution in [0.1, 0.15) is 38.4 Å². The second kappa shape index (κ2) is 5.31. The zero-order valence-corrected chi connectivity index (χ0v) is 11.8. The van der Waals surface area contributed by atoms with E-state index in [4.69, 9.17) is 0 Å². The molecule has 0 atom stereocenters. The van der Waals surface area contributed by atoms with E-state index in [1.807, 2.05) is 0 Å². The standard InChI is InChI=1S/C12H22N4S/c1-4-10-14-11(17-15-10)13-9-12(16(2)3)7-5-6-8-12/h4-9H2,1-3H3,(H,13,14,15). The van der Waals surface area contributed by atoms with Crippen LogP contribution in [-0.2, 0) is 6.42 Å². The van der Waals surface area contributed by atoms with Crippen molar-refractivity contribution in [1.82, 2.24) is 14.3 Å². The van der Waals surface area contributed by atoms with Crippen LogP contribution in [-0.4, -0.2) is 40.4 Å². The van der Waals surface area contributed by atoms with Crippen molar-refractivity contribution >= 4 is 16.7 Å². The summed E-state index contributed by atoms with van der Waals surface area (Å²) in [5.41, 5.74) is 0.318. The zero-order valence-electron chi connectivity index (χ0n) is 11.0. The van der Waals surface area contributed by atoms with E-state index in [1.54, 1.807) is 0 Å². The molecule has 17 heavy (non-hydrogen) atoms. The first kappa shape index (κ1) is 12.8. The maximum atomic E-state index is 4.46. The van der Waals surface area contributed by atoms with Gasteiger partial charge in [-0.25, -0.2) is 4.98 Å². The highest BCUT2D eigenvalue weighted by atomic mass is 32.1. The minimum absolute atomic E-state index is 0.318. The zero-order chi connectivity index (χ0) is 12.3. The molecule has 0 unspecified atom stereocenters. The van der Waals surface area contributed by atoms with Crippen LogP contribution in [0.25, 0.3) is 0 Å². The highest BCUT2D eigenvalue weighted by molar-refractivity contribution is 7.09. The Labute approximate surface area is 108 Å². The van der Waals surface area contributed by atoms with E-state index in [0.29, 0.717) is 5.54 Å². The minimum Gasteiger partial charge on any atom is -0.358 e. The summed E-state index contributed by atoms with van der Waals surface area (Å²) in [5, 5.41) is 4.43. The fraction of sp³-hybridized carbons (Fsp3) is 0.833. The Bertz CT molecular complexity index is 355. The molecule has 0 amide bonds.